The lowest BCUT2D eigenvalue weighted by atomic mass is 10.1. The zero-order chi connectivity index (χ0) is 14.5. The van der Waals surface area contributed by atoms with Gasteiger partial charge in [0.1, 0.15) is 11.6 Å². The SMILES string of the molecule is CN(CC(=O)c1ccccc1F)Cc1ccccc1F. The van der Waals surface area contributed by atoms with Crippen LogP contribution >= 0.6 is 0 Å². The smallest absolute Gasteiger partial charge is 0.179 e. The van der Waals surface area contributed by atoms with Gasteiger partial charge in [0.25, 0.3) is 0 Å². The molecule has 20 heavy (non-hydrogen) atoms. The highest BCUT2D eigenvalue weighted by Gasteiger charge is 2.14. The normalized spacial score (nSPS) is 10.8. The van der Waals surface area contributed by atoms with E-state index < -0.39 is 5.82 Å². The minimum Gasteiger partial charge on any atom is -0.294 e. The number of ketones is 1. The number of likely N-dealkylation sites (N-methyl/N-ethyl adjacent to an activating group) is 1. The minimum atomic E-state index is -0.531. The quantitative estimate of drug-likeness (QED) is 0.780. The van der Waals surface area contributed by atoms with Crippen LogP contribution < -0.4 is 0 Å². The summed E-state index contributed by atoms with van der Waals surface area (Å²) in [6.07, 6.45) is 0. The van der Waals surface area contributed by atoms with Gasteiger partial charge in [0.05, 0.1) is 12.1 Å². The molecule has 0 aliphatic heterocycles. The zero-order valence-corrected chi connectivity index (χ0v) is 11.1. The van der Waals surface area contributed by atoms with Gasteiger partial charge in [0.15, 0.2) is 5.78 Å². The van der Waals surface area contributed by atoms with Gasteiger partial charge in [-0.2, -0.15) is 0 Å². The monoisotopic (exact) mass is 275 g/mol. The van der Waals surface area contributed by atoms with Gasteiger partial charge < -0.3 is 0 Å². The number of nitrogens with zero attached hydrogens (tertiary/aromatic N) is 1. The number of carbonyl (C=O) groups excluding carboxylic acids is 1. The molecular formula is C16H15F2NO. The van der Waals surface area contributed by atoms with Crippen molar-refractivity contribution < 1.29 is 13.6 Å². The first-order chi connectivity index (χ1) is 9.58. The van der Waals surface area contributed by atoms with Crippen molar-refractivity contribution >= 4 is 5.78 Å². The number of rotatable bonds is 5. The molecule has 0 saturated carbocycles. The third-order valence-electron chi connectivity index (χ3n) is 2.99. The molecule has 0 aromatic heterocycles. The Morgan fingerprint density at radius 1 is 1.00 bits per heavy atom. The summed E-state index contributed by atoms with van der Waals surface area (Å²) in [5, 5.41) is 0. The Morgan fingerprint density at radius 3 is 2.25 bits per heavy atom. The van der Waals surface area contributed by atoms with Gasteiger partial charge in [-0.25, -0.2) is 8.78 Å². The van der Waals surface area contributed by atoms with E-state index in [1.807, 2.05) is 0 Å². The van der Waals surface area contributed by atoms with E-state index in [0.29, 0.717) is 12.1 Å². The molecule has 0 saturated heterocycles. The van der Waals surface area contributed by atoms with Crippen molar-refractivity contribution in [1.82, 2.24) is 4.90 Å². The average molecular weight is 275 g/mol. The van der Waals surface area contributed by atoms with Crippen molar-refractivity contribution in [3.05, 3.63) is 71.3 Å². The summed E-state index contributed by atoms with van der Waals surface area (Å²) in [5.74, 6) is -1.16. The van der Waals surface area contributed by atoms with Crippen LogP contribution in [-0.2, 0) is 6.54 Å². The largest absolute Gasteiger partial charge is 0.294 e. The lowest BCUT2D eigenvalue weighted by Crippen LogP contribution is -2.26. The molecule has 2 nitrogen and oxygen atoms in total. The van der Waals surface area contributed by atoms with Gasteiger partial charge in [-0.1, -0.05) is 30.3 Å². The van der Waals surface area contributed by atoms with Crippen LogP contribution in [0.2, 0.25) is 0 Å². The van der Waals surface area contributed by atoms with Crippen LogP contribution in [0.1, 0.15) is 15.9 Å². The summed E-state index contributed by atoms with van der Waals surface area (Å²) in [6, 6.07) is 12.3. The predicted molar refractivity (Wildman–Crippen MR) is 73.5 cm³/mol. The van der Waals surface area contributed by atoms with Crippen molar-refractivity contribution in [2.24, 2.45) is 0 Å². The Balaban J connectivity index is 2.02. The first-order valence-electron chi connectivity index (χ1n) is 6.27. The van der Waals surface area contributed by atoms with Gasteiger partial charge in [-0.05, 0) is 25.2 Å². The van der Waals surface area contributed by atoms with Crippen LogP contribution in [0.25, 0.3) is 0 Å². The van der Waals surface area contributed by atoms with E-state index in [1.165, 1.54) is 24.3 Å². The number of hydrogen-bond acceptors (Lipinski definition) is 2. The maximum Gasteiger partial charge on any atom is 0.179 e. The number of benzene rings is 2. The van der Waals surface area contributed by atoms with Crippen LogP contribution in [0.15, 0.2) is 48.5 Å². The fraction of sp³-hybridized carbons (Fsp3) is 0.188. The van der Waals surface area contributed by atoms with Gasteiger partial charge in [0.2, 0.25) is 0 Å². The molecule has 0 amide bonds. The molecule has 0 fully saturated rings. The van der Waals surface area contributed by atoms with Crippen molar-refractivity contribution in [2.45, 2.75) is 6.54 Å². The van der Waals surface area contributed by atoms with Crippen LogP contribution in [0.4, 0.5) is 8.78 Å². The number of carbonyl (C=O) groups is 1. The molecule has 0 aliphatic rings. The molecule has 0 spiro atoms. The van der Waals surface area contributed by atoms with Gasteiger partial charge in [-0.3, -0.25) is 9.69 Å². The number of Topliss-reactive ketones (excluding diaryl/α,β-unsaturated/α-hetero) is 1. The molecule has 104 valence electrons. The van der Waals surface area contributed by atoms with Crippen molar-refractivity contribution in [2.75, 3.05) is 13.6 Å². The molecule has 0 atom stereocenters. The zero-order valence-electron chi connectivity index (χ0n) is 11.1. The van der Waals surface area contributed by atoms with E-state index in [2.05, 4.69) is 0 Å². The fourth-order valence-electron chi connectivity index (χ4n) is 1.99. The molecule has 2 rings (SSSR count). The molecule has 0 N–H and O–H groups in total. The number of halogens is 2. The van der Waals surface area contributed by atoms with Gasteiger partial charge in [-0.15, -0.1) is 0 Å². The fourth-order valence-corrected chi connectivity index (χ4v) is 1.99. The van der Waals surface area contributed by atoms with Crippen molar-refractivity contribution in [3.63, 3.8) is 0 Å². The summed E-state index contributed by atoms with van der Waals surface area (Å²) in [6.45, 7) is 0.335. The van der Waals surface area contributed by atoms with Gasteiger partial charge >= 0.3 is 0 Å². The van der Waals surface area contributed by atoms with Gasteiger partial charge in [0, 0.05) is 12.1 Å². The van der Waals surface area contributed by atoms with Crippen LogP contribution in [-0.4, -0.2) is 24.3 Å². The van der Waals surface area contributed by atoms with E-state index in [9.17, 15) is 13.6 Å². The van der Waals surface area contributed by atoms with E-state index >= 15 is 0 Å². The first kappa shape index (κ1) is 14.3. The Morgan fingerprint density at radius 2 is 1.60 bits per heavy atom. The third kappa shape index (κ3) is 3.48. The summed E-state index contributed by atoms with van der Waals surface area (Å²) in [5.41, 5.74) is 0.573. The first-order valence-corrected chi connectivity index (χ1v) is 6.27. The standard InChI is InChI=1S/C16H15F2NO/c1-19(10-12-6-2-4-8-14(12)17)11-16(20)13-7-3-5-9-15(13)18/h2-9H,10-11H2,1H3. The van der Waals surface area contributed by atoms with E-state index in [-0.39, 0.29) is 23.7 Å². The van der Waals surface area contributed by atoms with Crippen LogP contribution in [0.5, 0.6) is 0 Å². The molecule has 0 heterocycles. The molecule has 2 aromatic carbocycles. The lowest BCUT2D eigenvalue weighted by molar-refractivity contribution is 0.0938. The van der Waals surface area contributed by atoms with E-state index in [4.69, 9.17) is 0 Å². The summed E-state index contributed by atoms with van der Waals surface area (Å²) >= 11 is 0. The van der Waals surface area contributed by atoms with Crippen LogP contribution in [0, 0.1) is 11.6 Å². The number of hydrogen-bond donors (Lipinski definition) is 0. The Labute approximate surface area is 116 Å². The molecule has 0 radical (unpaired) electrons. The summed E-state index contributed by atoms with van der Waals surface area (Å²) < 4.78 is 27.0. The summed E-state index contributed by atoms with van der Waals surface area (Å²) in [7, 11) is 1.70. The molecule has 4 heteroatoms. The molecular weight excluding hydrogens is 260 g/mol. The maximum atomic E-state index is 13.5. The molecule has 2 aromatic rings. The second-order valence-corrected chi connectivity index (χ2v) is 4.67. The van der Waals surface area contributed by atoms with Crippen molar-refractivity contribution in [1.29, 1.82) is 0 Å². The topological polar surface area (TPSA) is 20.3 Å². The maximum absolute atomic E-state index is 13.5. The van der Waals surface area contributed by atoms with Crippen LogP contribution in [0.3, 0.4) is 0 Å². The van der Waals surface area contributed by atoms with Crippen molar-refractivity contribution in [3.8, 4) is 0 Å². The third-order valence-corrected chi connectivity index (χ3v) is 2.99. The summed E-state index contributed by atoms with van der Waals surface area (Å²) in [4.78, 5) is 13.6. The second-order valence-electron chi connectivity index (χ2n) is 4.67. The van der Waals surface area contributed by atoms with E-state index in [0.717, 1.165) is 0 Å². The highest BCUT2D eigenvalue weighted by molar-refractivity contribution is 5.97. The highest BCUT2D eigenvalue weighted by atomic mass is 19.1. The molecule has 0 aliphatic carbocycles. The Kier molecular flexibility index (Phi) is 4.58. The Hall–Kier alpha value is -2.07. The molecule has 0 unspecified atom stereocenters. The average Bonchev–Trinajstić information content (AvgIpc) is 2.41. The lowest BCUT2D eigenvalue weighted by Gasteiger charge is -2.16. The van der Waals surface area contributed by atoms with E-state index in [1.54, 1.807) is 36.2 Å². The minimum absolute atomic E-state index is 0.0370. The molecule has 0 bridgehead atoms. The second kappa shape index (κ2) is 6.39. The highest BCUT2D eigenvalue weighted by Crippen LogP contribution is 2.11. The Bertz CT molecular complexity index is 613. The predicted octanol–water partition coefficient (Wildman–Crippen LogP) is 3.28.